The zero-order valence-electron chi connectivity index (χ0n) is 12.9. The standard InChI is InChI=1S/C14H29N3O2/c1-6-11(4)16-13(18)7-8-15-9-14(19)17-12(5)10(2)3/h10-12,15H,6-9H2,1-5H3,(H,16,18)(H,17,19). The van der Waals surface area contributed by atoms with E-state index in [2.05, 4.69) is 29.8 Å². The van der Waals surface area contributed by atoms with Crippen molar-refractivity contribution >= 4 is 11.8 Å². The largest absolute Gasteiger partial charge is 0.354 e. The molecule has 3 N–H and O–H groups in total. The summed E-state index contributed by atoms with van der Waals surface area (Å²) in [5.74, 6) is 0.423. The molecule has 0 heterocycles. The average molecular weight is 271 g/mol. The third kappa shape index (κ3) is 9.47. The average Bonchev–Trinajstić information content (AvgIpc) is 2.34. The maximum atomic E-state index is 11.6. The predicted octanol–water partition coefficient (Wildman–Crippen LogP) is 1.04. The fourth-order valence-electron chi connectivity index (χ4n) is 1.32. The first kappa shape index (κ1) is 17.9. The van der Waals surface area contributed by atoms with Crippen LogP contribution in [-0.4, -0.2) is 37.0 Å². The van der Waals surface area contributed by atoms with Crippen LogP contribution in [0.25, 0.3) is 0 Å². The second-order valence-electron chi connectivity index (χ2n) is 5.40. The predicted molar refractivity (Wildman–Crippen MR) is 77.8 cm³/mol. The second kappa shape index (κ2) is 9.78. The summed E-state index contributed by atoms with van der Waals surface area (Å²) in [5, 5.41) is 8.77. The van der Waals surface area contributed by atoms with Crippen LogP contribution in [0.4, 0.5) is 0 Å². The summed E-state index contributed by atoms with van der Waals surface area (Å²) in [6.45, 7) is 10.9. The molecule has 2 unspecified atom stereocenters. The quantitative estimate of drug-likeness (QED) is 0.549. The van der Waals surface area contributed by atoms with Gasteiger partial charge in [-0.05, 0) is 26.2 Å². The molecule has 5 nitrogen and oxygen atoms in total. The van der Waals surface area contributed by atoms with Crippen molar-refractivity contribution in [2.24, 2.45) is 5.92 Å². The van der Waals surface area contributed by atoms with Crippen LogP contribution in [0.5, 0.6) is 0 Å². The highest BCUT2D eigenvalue weighted by Crippen LogP contribution is 1.98. The van der Waals surface area contributed by atoms with Crippen LogP contribution < -0.4 is 16.0 Å². The van der Waals surface area contributed by atoms with E-state index in [1.807, 2.05) is 20.8 Å². The molecular weight excluding hydrogens is 242 g/mol. The summed E-state index contributed by atoms with van der Waals surface area (Å²) in [6, 6.07) is 0.380. The Morgan fingerprint density at radius 3 is 2.16 bits per heavy atom. The molecule has 2 atom stereocenters. The molecule has 0 radical (unpaired) electrons. The van der Waals surface area contributed by atoms with Crippen molar-refractivity contribution in [1.29, 1.82) is 0 Å². The Balaban J connectivity index is 3.63. The minimum absolute atomic E-state index is 0.0245. The fraction of sp³-hybridized carbons (Fsp3) is 0.857. The van der Waals surface area contributed by atoms with Gasteiger partial charge in [-0.25, -0.2) is 0 Å². The van der Waals surface area contributed by atoms with E-state index < -0.39 is 0 Å². The van der Waals surface area contributed by atoms with Crippen molar-refractivity contribution in [1.82, 2.24) is 16.0 Å². The van der Waals surface area contributed by atoms with Crippen molar-refractivity contribution < 1.29 is 9.59 Å². The number of rotatable bonds is 9. The van der Waals surface area contributed by atoms with E-state index in [0.29, 0.717) is 18.9 Å². The maximum Gasteiger partial charge on any atom is 0.234 e. The third-order valence-corrected chi connectivity index (χ3v) is 3.22. The van der Waals surface area contributed by atoms with E-state index in [4.69, 9.17) is 0 Å². The summed E-state index contributed by atoms with van der Waals surface area (Å²) in [5.41, 5.74) is 0. The topological polar surface area (TPSA) is 70.2 Å². The van der Waals surface area contributed by atoms with Gasteiger partial charge in [0.1, 0.15) is 0 Å². The zero-order chi connectivity index (χ0) is 14.8. The highest BCUT2D eigenvalue weighted by Gasteiger charge is 2.10. The van der Waals surface area contributed by atoms with Gasteiger partial charge in [-0.15, -0.1) is 0 Å². The summed E-state index contributed by atoms with van der Waals surface area (Å²) in [6.07, 6.45) is 1.33. The lowest BCUT2D eigenvalue weighted by Crippen LogP contribution is -2.42. The molecule has 0 saturated heterocycles. The maximum absolute atomic E-state index is 11.6. The molecule has 0 saturated carbocycles. The van der Waals surface area contributed by atoms with E-state index in [-0.39, 0.29) is 30.4 Å². The number of carbonyl (C=O) groups is 2. The lowest BCUT2D eigenvalue weighted by atomic mass is 10.1. The molecule has 0 aromatic heterocycles. The third-order valence-electron chi connectivity index (χ3n) is 3.22. The van der Waals surface area contributed by atoms with E-state index >= 15 is 0 Å². The Bertz CT molecular complexity index is 280. The van der Waals surface area contributed by atoms with Crippen LogP contribution in [0.2, 0.25) is 0 Å². The smallest absolute Gasteiger partial charge is 0.234 e. The van der Waals surface area contributed by atoms with E-state index in [1.54, 1.807) is 0 Å². The monoisotopic (exact) mass is 271 g/mol. The molecule has 0 aromatic rings. The highest BCUT2D eigenvalue weighted by molar-refractivity contribution is 5.78. The van der Waals surface area contributed by atoms with Crippen LogP contribution in [-0.2, 0) is 9.59 Å². The normalized spacial score (nSPS) is 14.0. The van der Waals surface area contributed by atoms with Gasteiger partial charge < -0.3 is 16.0 Å². The lowest BCUT2D eigenvalue weighted by molar-refractivity contribution is -0.123. The Morgan fingerprint density at radius 2 is 1.63 bits per heavy atom. The molecule has 2 amide bonds. The molecule has 0 rings (SSSR count). The Labute approximate surface area is 116 Å². The summed E-state index contributed by atoms with van der Waals surface area (Å²) >= 11 is 0. The number of nitrogens with one attached hydrogen (secondary N) is 3. The number of hydrogen-bond donors (Lipinski definition) is 3. The fourth-order valence-corrected chi connectivity index (χ4v) is 1.32. The number of hydrogen-bond acceptors (Lipinski definition) is 3. The minimum atomic E-state index is -0.0245. The Kier molecular flexibility index (Phi) is 9.21. The molecule has 5 heteroatoms. The van der Waals surface area contributed by atoms with Gasteiger partial charge in [0.2, 0.25) is 11.8 Å². The first-order chi connectivity index (χ1) is 8.86. The highest BCUT2D eigenvalue weighted by atomic mass is 16.2. The van der Waals surface area contributed by atoms with Gasteiger partial charge in [0.25, 0.3) is 0 Å². The molecule has 0 aliphatic heterocycles. The second-order valence-corrected chi connectivity index (χ2v) is 5.40. The van der Waals surface area contributed by atoms with E-state index in [9.17, 15) is 9.59 Å². The van der Waals surface area contributed by atoms with E-state index in [1.165, 1.54) is 0 Å². The zero-order valence-corrected chi connectivity index (χ0v) is 12.9. The number of amides is 2. The van der Waals surface area contributed by atoms with Gasteiger partial charge in [-0.2, -0.15) is 0 Å². The first-order valence-corrected chi connectivity index (χ1v) is 7.16. The number of carbonyl (C=O) groups excluding carboxylic acids is 2. The Hall–Kier alpha value is -1.10. The van der Waals surface area contributed by atoms with Crippen LogP contribution in [0.3, 0.4) is 0 Å². The first-order valence-electron chi connectivity index (χ1n) is 7.16. The molecule has 0 aliphatic rings. The Morgan fingerprint density at radius 1 is 1.00 bits per heavy atom. The van der Waals surface area contributed by atoms with Gasteiger partial charge in [-0.1, -0.05) is 20.8 Å². The van der Waals surface area contributed by atoms with Gasteiger partial charge in [0.05, 0.1) is 6.54 Å². The van der Waals surface area contributed by atoms with Crippen molar-refractivity contribution in [2.75, 3.05) is 13.1 Å². The lowest BCUT2D eigenvalue weighted by Gasteiger charge is -2.17. The van der Waals surface area contributed by atoms with Crippen LogP contribution in [0.1, 0.15) is 47.5 Å². The van der Waals surface area contributed by atoms with Gasteiger partial charge in [0, 0.05) is 25.0 Å². The van der Waals surface area contributed by atoms with Crippen molar-refractivity contribution in [3.05, 3.63) is 0 Å². The van der Waals surface area contributed by atoms with Crippen LogP contribution in [0.15, 0.2) is 0 Å². The van der Waals surface area contributed by atoms with Crippen LogP contribution in [0, 0.1) is 5.92 Å². The molecule has 0 aliphatic carbocycles. The van der Waals surface area contributed by atoms with Gasteiger partial charge >= 0.3 is 0 Å². The molecule has 0 aromatic carbocycles. The molecule has 0 fully saturated rings. The van der Waals surface area contributed by atoms with Crippen molar-refractivity contribution in [3.8, 4) is 0 Å². The van der Waals surface area contributed by atoms with E-state index in [0.717, 1.165) is 6.42 Å². The van der Waals surface area contributed by atoms with Crippen molar-refractivity contribution in [3.63, 3.8) is 0 Å². The molecule has 0 bridgehead atoms. The summed E-state index contributed by atoms with van der Waals surface area (Å²) < 4.78 is 0. The molecule has 19 heavy (non-hydrogen) atoms. The molecule has 112 valence electrons. The molecule has 0 spiro atoms. The molecular formula is C14H29N3O2. The summed E-state index contributed by atoms with van der Waals surface area (Å²) in [7, 11) is 0. The van der Waals surface area contributed by atoms with Gasteiger partial charge in [-0.3, -0.25) is 9.59 Å². The van der Waals surface area contributed by atoms with Gasteiger partial charge in [0.15, 0.2) is 0 Å². The van der Waals surface area contributed by atoms with Crippen molar-refractivity contribution in [2.45, 2.75) is 59.5 Å². The summed E-state index contributed by atoms with van der Waals surface area (Å²) in [4.78, 5) is 23.0. The van der Waals surface area contributed by atoms with Crippen LogP contribution >= 0.6 is 0 Å². The minimum Gasteiger partial charge on any atom is -0.354 e. The SMILES string of the molecule is CCC(C)NC(=O)CCNCC(=O)NC(C)C(C)C.